The van der Waals surface area contributed by atoms with Crippen molar-refractivity contribution in [1.29, 1.82) is 0 Å². The van der Waals surface area contributed by atoms with Gasteiger partial charge in [0.1, 0.15) is 4.90 Å². The Morgan fingerprint density at radius 1 is 1.24 bits per heavy atom. The average Bonchev–Trinajstić information content (AvgIpc) is 2.84. The molecule has 1 aromatic heterocycles. The molecule has 0 saturated heterocycles. The number of hydrogen-bond donors (Lipinski definition) is 1. The van der Waals surface area contributed by atoms with Gasteiger partial charge in [0.25, 0.3) is 0 Å². The molecule has 1 heterocycles. The minimum atomic E-state index is -3.61. The van der Waals surface area contributed by atoms with Crippen molar-refractivity contribution in [3.63, 3.8) is 0 Å². The Labute approximate surface area is 130 Å². The quantitative estimate of drug-likeness (QED) is 0.918. The first-order valence-electron chi connectivity index (χ1n) is 6.56. The summed E-state index contributed by atoms with van der Waals surface area (Å²) in [5, 5.41) is 4.52. The third kappa shape index (κ3) is 3.84. The van der Waals surface area contributed by atoms with Gasteiger partial charge in [0.2, 0.25) is 10.0 Å². The van der Waals surface area contributed by atoms with Gasteiger partial charge in [0.05, 0.1) is 6.20 Å². The van der Waals surface area contributed by atoms with Crippen LogP contribution in [0.2, 0.25) is 5.02 Å². The van der Waals surface area contributed by atoms with Crippen molar-refractivity contribution in [2.45, 2.75) is 24.8 Å². The predicted molar refractivity (Wildman–Crippen MR) is 82.6 cm³/mol. The molecule has 0 bridgehead atoms. The number of nitrogens with one attached hydrogen (secondary N) is 1. The normalized spacial score (nSPS) is 13.6. The molecule has 0 fully saturated rings. The van der Waals surface area contributed by atoms with E-state index in [0.717, 1.165) is 5.56 Å². The van der Waals surface area contributed by atoms with Crippen LogP contribution in [0.5, 0.6) is 0 Å². The van der Waals surface area contributed by atoms with Crippen molar-refractivity contribution in [3.05, 3.63) is 47.2 Å². The maximum atomic E-state index is 12.4. The lowest BCUT2D eigenvalue weighted by molar-refractivity contribution is 0.463. The largest absolute Gasteiger partial charge is 0.274 e. The molecule has 0 aliphatic carbocycles. The van der Waals surface area contributed by atoms with Crippen LogP contribution in [0.25, 0.3) is 0 Å². The van der Waals surface area contributed by atoms with Crippen LogP contribution in [0.3, 0.4) is 0 Å². The van der Waals surface area contributed by atoms with Crippen molar-refractivity contribution < 1.29 is 8.42 Å². The molecule has 1 atom stereocenters. The zero-order chi connectivity index (χ0) is 15.6. The van der Waals surface area contributed by atoms with Crippen LogP contribution in [-0.2, 0) is 17.1 Å². The third-order valence-corrected chi connectivity index (χ3v) is 4.82. The first kappa shape index (κ1) is 16.0. The monoisotopic (exact) mass is 327 g/mol. The molecule has 2 rings (SSSR count). The van der Waals surface area contributed by atoms with E-state index in [4.69, 9.17) is 11.6 Å². The van der Waals surface area contributed by atoms with Gasteiger partial charge in [0.15, 0.2) is 0 Å². The molecule has 21 heavy (non-hydrogen) atoms. The van der Waals surface area contributed by atoms with E-state index in [2.05, 4.69) is 9.82 Å². The van der Waals surface area contributed by atoms with E-state index < -0.39 is 10.0 Å². The molecule has 2 aromatic rings. The zero-order valence-electron chi connectivity index (χ0n) is 12.1. The maximum Gasteiger partial charge on any atom is 0.244 e. The molecule has 0 amide bonds. The number of rotatable bonds is 5. The standard InChI is InChI=1S/C14H18ClN3O2S/c1-10(2)14(11-4-6-12(15)7-5-11)17-21(19,20)13-8-16-18(3)9-13/h4-10,14,17H,1-3H3. The van der Waals surface area contributed by atoms with Crippen LogP contribution in [0.15, 0.2) is 41.6 Å². The lowest BCUT2D eigenvalue weighted by Gasteiger charge is -2.22. The van der Waals surface area contributed by atoms with Gasteiger partial charge in [-0.1, -0.05) is 37.6 Å². The Kier molecular flexibility index (Phi) is 4.70. The highest BCUT2D eigenvalue weighted by molar-refractivity contribution is 7.89. The van der Waals surface area contributed by atoms with Gasteiger partial charge in [-0.25, -0.2) is 13.1 Å². The number of benzene rings is 1. The van der Waals surface area contributed by atoms with Crippen LogP contribution in [0.4, 0.5) is 0 Å². The molecule has 0 aliphatic rings. The molecule has 0 aliphatic heterocycles. The van der Waals surface area contributed by atoms with Gasteiger partial charge < -0.3 is 0 Å². The highest BCUT2D eigenvalue weighted by Gasteiger charge is 2.24. The van der Waals surface area contributed by atoms with E-state index >= 15 is 0 Å². The van der Waals surface area contributed by atoms with Crippen LogP contribution >= 0.6 is 11.6 Å². The van der Waals surface area contributed by atoms with Crippen molar-refractivity contribution in [3.8, 4) is 0 Å². The molecule has 1 unspecified atom stereocenters. The molecule has 7 heteroatoms. The smallest absolute Gasteiger partial charge is 0.244 e. The van der Waals surface area contributed by atoms with E-state index in [1.807, 2.05) is 26.0 Å². The van der Waals surface area contributed by atoms with Gasteiger partial charge in [-0.05, 0) is 23.6 Å². The molecule has 0 spiro atoms. The zero-order valence-corrected chi connectivity index (χ0v) is 13.7. The highest BCUT2D eigenvalue weighted by Crippen LogP contribution is 2.25. The van der Waals surface area contributed by atoms with Gasteiger partial charge in [0, 0.05) is 24.3 Å². The molecule has 1 aromatic carbocycles. The van der Waals surface area contributed by atoms with Gasteiger partial charge >= 0.3 is 0 Å². The summed E-state index contributed by atoms with van der Waals surface area (Å²) in [5.41, 5.74) is 0.877. The number of hydrogen-bond acceptors (Lipinski definition) is 3. The predicted octanol–water partition coefficient (Wildman–Crippen LogP) is 2.75. The molecule has 5 nitrogen and oxygen atoms in total. The van der Waals surface area contributed by atoms with Crippen LogP contribution in [0, 0.1) is 5.92 Å². The summed E-state index contributed by atoms with van der Waals surface area (Å²) in [7, 11) is -1.93. The lowest BCUT2D eigenvalue weighted by atomic mass is 9.97. The summed E-state index contributed by atoms with van der Waals surface area (Å²) in [6, 6.07) is 6.85. The number of aromatic nitrogens is 2. The summed E-state index contributed by atoms with van der Waals surface area (Å²) in [4.78, 5) is 0.157. The molecule has 114 valence electrons. The SMILES string of the molecule is CC(C)C(NS(=O)(=O)c1cnn(C)c1)c1ccc(Cl)cc1. The Balaban J connectivity index is 2.30. The molecular weight excluding hydrogens is 310 g/mol. The number of halogens is 1. The van der Waals surface area contributed by atoms with Gasteiger partial charge in [-0.2, -0.15) is 5.10 Å². The maximum absolute atomic E-state index is 12.4. The van der Waals surface area contributed by atoms with Crippen LogP contribution in [-0.4, -0.2) is 18.2 Å². The second kappa shape index (κ2) is 6.17. The van der Waals surface area contributed by atoms with Crippen LogP contribution < -0.4 is 4.72 Å². The number of sulfonamides is 1. The average molecular weight is 328 g/mol. The topological polar surface area (TPSA) is 64.0 Å². The van der Waals surface area contributed by atoms with Crippen molar-refractivity contribution in [1.82, 2.24) is 14.5 Å². The lowest BCUT2D eigenvalue weighted by Crippen LogP contribution is -2.31. The Bertz CT molecular complexity index is 708. The van der Waals surface area contributed by atoms with E-state index in [-0.39, 0.29) is 16.9 Å². The van der Waals surface area contributed by atoms with Crippen molar-refractivity contribution >= 4 is 21.6 Å². The van der Waals surface area contributed by atoms with Crippen molar-refractivity contribution in [2.24, 2.45) is 13.0 Å². The number of nitrogens with zero attached hydrogens (tertiary/aromatic N) is 2. The third-order valence-electron chi connectivity index (χ3n) is 3.17. The second-order valence-corrected chi connectivity index (χ2v) is 7.39. The Morgan fingerprint density at radius 3 is 2.33 bits per heavy atom. The van der Waals surface area contributed by atoms with Gasteiger partial charge in [-0.3, -0.25) is 4.68 Å². The Hall–Kier alpha value is -1.37. The summed E-state index contributed by atoms with van der Waals surface area (Å²) in [6.45, 7) is 3.93. The second-order valence-electron chi connectivity index (χ2n) is 5.24. The summed E-state index contributed by atoms with van der Waals surface area (Å²) < 4.78 is 29.0. The van der Waals surface area contributed by atoms with Crippen LogP contribution in [0.1, 0.15) is 25.5 Å². The molecule has 1 N–H and O–H groups in total. The molecule has 0 radical (unpaired) electrons. The molecular formula is C14H18ClN3O2S. The minimum absolute atomic E-state index is 0.0950. The fourth-order valence-corrected chi connectivity index (χ4v) is 3.51. The Morgan fingerprint density at radius 2 is 1.86 bits per heavy atom. The number of aryl methyl sites for hydroxylation is 1. The summed E-state index contributed by atoms with van der Waals surface area (Å²) in [5.74, 6) is 0.0950. The van der Waals surface area contributed by atoms with Crippen molar-refractivity contribution in [2.75, 3.05) is 0 Å². The minimum Gasteiger partial charge on any atom is -0.274 e. The first-order valence-corrected chi connectivity index (χ1v) is 8.42. The fourth-order valence-electron chi connectivity index (χ4n) is 2.03. The summed E-state index contributed by atoms with van der Waals surface area (Å²) in [6.07, 6.45) is 2.81. The summed E-state index contributed by atoms with van der Waals surface area (Å²) >= 11 is 5.88. The highest BCUT2D eigenvalue weighted by atomic mass is 35.5. The van der Waals surface area contributed by atoms with Gasteiger partial charge in [-0.15, -0.1) is 0 Å². The van der Waals surface area contributed by atoms with E-state index in [1.54, 1.807) is 19.2 Å². The fraction of sp³-hybridized carbons (Fsp3) is 0.357. The first-order chi connectivity index (χ1) is 9.79. The van der Waals surface area contributed by atoms with E-state index in [1.165, 1.54) is 17.1 Å². The van der Waals surface area contributed by atoms with E-state index in [0.29, 0.717) is 5.02 Å². The molecule has 0 saturated carbocycles. The van der Waals surface area contributed by atoms with E-state index in [9.17, 15) is 8.42 Å².